The van der Waals surface area contributed by atoms with Crippen molar-refractivity contribution in [1.82, 2.24) is 14.9 Å². The summed E-state index contributed by atoms with van der Waals surface area (Å²) < 4.78 is 5.59. The molecule has 2 fully saturated rings. The number of nitrogens with zero attached hydrogens (tertiary/aromatic N) is 4. The lowest BCUT2D eigenvalue weighted by atomic mass is 9.87. The van der Waals surface area contributed by atoms with Gasteiger partial charge in [-0.15, -0.1) is 0 Å². The molecule has 24 heavy (non-hydrogen) atoms. The first kappa shape index (κ1) is 17.4. The van der Waals surface area contributed by atoms with Crippen molar-refractivity contribution in [3.05, 3.63) is 12.4 Å². The molecule has 1 N–H and O–H groups in total. The van der Waals surface area contributed by atoms with Gasteiger partial charge in [0.1, 0.15) is 0 Å². The fourth-order valence-corrected chi connectivity index (χ4v) is 4.06. The van der Waals surface area contributed by atoms with E-state index < -0.39 is 0 Å². The quantitative estimate of drug-likeness (QED) is 0.835. The summed E-state index contributed by atoms with van der Waals surface area (Å²) in [5.74, 6) is 1.79. The van der Waals surface area contributed by atoms with Crippen molar-refractivity contribution in [3.63, 3.8) is 0 Å². The topological polar surface area (TPSA) is 53.5 Å². The van der Waals surface area contributed by atoms with Crippen LogP contribution >= 0.6 is 0 Å². The molecule has 134 valence electrons. The van der Waals surface area contributed by atoms with Gasteiger partial charge >= 0.3 is 0 Å². The first-order valence-corrected chi connectivity index (χ1v) is 9.26. The van der Waals surface area contributed by atoms with Gasteiger partial charge in [-0.1, -0.05) is 25.7 Å². The Hall–Kier alpha value is -1.40. The largest absolute Gasteiger partial charge is 0.379 e. The second-order valence-corrected chi connectivity index (χ2v) is 7.21. The molecular weight excluding hydrogens is 302 g/mol. The highest BCUT2D eigenvalue weighted by molar-refractivity contribution is 5.59. The van der Waals surface area contributed by atoms with E-state index >= 15 is 0 Å². The third-order valence-corrected chi connectivity index (χ3v) is 5.40. The summed E-state index contributed by atoms with van der Waals surface area (Å²) in [6, 6.07) is 0. The summed E-state index contributed by atoms with van der Waals surface area (Å²) in [7, 11) is 4.02. The SMILES string of the molecule is CN(C)c1nccnc1NCC1(N2CCOCC2)CCCCCC1. The van der Waals surface area contributed by atoms with Crippen LogP contribution in [0.2, 0.25) is 0 Å². The average molecular weight is 333 g/mol. The van der Waals surface area contributed by atoms with Gasteiger partial charge in [0.2, 0.25) is 0 Å². The Morgan fingerprint density at radius 1 is 1.08 bits per heavy atom. The molecule has 2 aliphatic rings. The lowest BCUT2D eigenvalue weighted by molar-refractivity contribution is -0.0240. The monoisotopic (exact) mass is 333 g/mol. The summed E-state index contributed by atoms with van der Waals surface area (Å²) in [5.41, 5.74) is 0.224. The van der Waals surface area contributed by atoms with E-state index in [0.717, 1.165) is 44.5 Å². The maximum absolute atomic E-state index is 5.59. The normalized spacial score (nSPS) is 21.9. The zero-order valence-corrected chi connectivity index (χ0v) is 15.1. The summed E-state index contributed by atoms with van der Waals surface area (Å²) in [6.07, 6.45) is 11.4. The molecular formula is C18H31N5O. The predicted octanol–water partition coefficient (Wildman–Crippen LogP) is 2.38. The molecule has 1 saturated heterocycles. The van der Waals surface area contributed by atoms with Crippen molar-refractivity contribution >= 4 is 11.6 Å². The molecule has 1 aromatic rings. The third-order valence-electron chi connectivity index (χ3n) is 5.40. The molecule has 0 amide bonds. The summed E-state index contributed by atoms with van der Waals surface area (Å²) in [6.45, 7) is 4.74. The van der Waals surface area contributed by atoms with Crippen molar-refractivity contribution in [3.8, 4) is 0 Å². The first-order chi connectivity index (χ1) is 11.7. The fraction of sp³-hybridized carbons (Fsp3) is 0.778. The van der Waals surface area contributed by atoms with E-state index in [9.17, 15) is 0 Å². The Bertz CT molecular complexity index is 508. The summed E-state index contributed by atoms with van der Waals surface area (Å²) >= 11 is 0. The van der Waals surface area contributed by atoms with Crippen LogP contribution in [0.4, 0.5) is 11.6 Å². The number of hydrogen-bond acceptors (Lipinski definition) is 6. The average Bonchev–Trinajstić information content (AvgIpc) is 2.87. The number of anilines is 2. The van der Waals surface area contributed by atoms with Crippen LogP contribution in [0.25, 0.3) is 0 Å². The minimum atomic E-state index is 0.224. The van der Waals surface area contributed by atoms with Gasteiger partial charge in [0, 0.05) is 51.7 Å². The second-order valence-electron chi connectivity index (χ2n) is 7.21. The second kappa shape index (κ2) is 8.12. The maximum atomic E-state index is 5.59. The van der Waals surface area contributed by atoms with Crippen molar-refractivity contribution in [2.75, 3.05) is 57.2 Å². The first-order valence-electron chi connectivity index (χ1n) is 9.26. The Kier molecular flexibility index (Phi) is 5.89. The Balaban J connectivity index is 1.76. The molecule has 0 radical (unpaired) electrons. The molecule has 1 aliphatic heterocycles. The molecule has 6 nitrogen and oxygen atoms in total. The van der Waals surface area contributed by atoms with Crippen LogP contribution in [-0.2, 0) is 4.74 Å². The van der Waals surface area contributed by atoms with Crippen molar-refractivity contribution in [1.29, 1.82) is 0 Å². The zero-order chi connectivity index (χ0) is 16.8. The van der Waals surface area contributed by atoms with Crippen molar-refractivity contribution < 1.29 is 4.74 Å². The smallest absolute Gasteiger partial charge is 0.171 e. The minimum Gasteiger partial charge on any atom is -0.379 e. The molecule has 1 aliphatic carbocycles. The minimum absolute atomic E-state index is 0.224. The van der Waals surface area contributed by atoms with Crippen LogP contribution in [-0.4, -0.2) is 67.4 Å². The molecule has 0 unspecified atom stereocenters. The van der Waals surface area contributed by atoms with Crippen molar-refractivity contribution in [2.24, 2.45) is 0 Å². The van der Waals surface area contributed by atoms with E-state index in [1.165, 1.54) is 38.5 Å². The summed E-state index contributed by atoms with van der Waals surface area (Å²) in [5, 5.41) is 3.63. The predicted molar refractivity (Wildman–Crippen MR) is 97.7 cm³/mol. The molecule has 1 aromatic heterocycles. The van der Waals surface area contributed by atoms with Gasteiger partial charge in [-0.2, -0.15) is 0 Å². The number of morpholine rings is 1. The Morgan fingerprint density at radius 2 is 1.75 bits per heavy atom. The van der Waals surface area contributed by atoms with Crippen LogP contribution in [0.15, 0.2) is 12.4 Å². The van der Waals surface area contributed by atoms with E-state index in [0.29, 0.717) is 0 Å². The molecule has 0 aromatic carbocycles. The van der Waals surface area contributed by atoms with Crippen molar-refractivity contribution in [2.45, 2.75) is 44.1 Å². The standard InChI is InChI=1S/C18H31N5O/c1-22(2)17-16(19-9-10-20-17)21-15-18(7-5-3-4-6-8-18)23-11-13-24-14-12-23/h9-10H,3-8,11-15H2,1-2H3,(H,19,21). The van der Waals surface area contributed by atoms with E-state index in [-0.39, 0.29) is 5.54 Å². The lowest BCUT2D eigenvalue weighted by Crippen LogP contribution is -2.57. The highest BCUT2D eigenvalue weighted by Crippen LogP contribution is 2.34. The Labute approximate surface area is 145 Å². The van der Waals surface area contributed by atoms with Gasteiger partial charge in [-0.3, -0.25) is 4.90 Å². The van der Waals surface area contributed by atoms with Crippen LogP contribution in [0, 0.1) is 0 Å². The van der Waals surface area contributed by atoms with Gasteiger partial charge < -0.3 is 15.0 Å². The molecule has 2 heterocycles. The molecule has 1 saturated carbocycles. The number of rotatable bonds is 5. The van der Waals surface area contributed by atoms with Crippen LogP contribution < -0.4 is 10.2 Å². The fourth-order valence-electron chi connectivity index (χ4n) is 4.06. The summed E-state index contributed by atoms with van der Waals surface area (Å²) in [4.78, 5) is 13.7. The van der Waals surface area contributed by atoms with E-state index in [1.807, 2.05) is 19.0 Å². The third kappa shape index (κ3) is 3.98. The van der Waals surface area contributed by atoms with Crippen LogP contribution in [0.5, 0.6) is 0 Å². The number of nitrogens with one attached hydrogen (secondary N) is 1. The Morgan fingerprint density at radius 3 is 2.42 bits per heavy atom. The molecule has 0 spiro atoms. The zero-order valence-electron chi connectivity index (χ0n) is 15.1. The lowest BCUT2D eigenvalue weighted by Gasteiger charge is -2.46. The van der Waals surface area contributed by atoms with Gasteiger partial charge in [0.25, 0.3) is 0 Å². The van der Waals surface area contributed by atoms with Gasteiger partial charge in [0.15, 0.2) is 11.6 Å². The van der Waals surface area contributed by atoms with Gasteiger partial charge in [0.05, 0.1) is 13.2 Å². The maximum Gasteiger partial charge on any atom is 0.171 e. The number of aromatic nitrogens is 2. The van der Waals surface area contributed by atoms with Crippen LogP contribution in [0.1, 0.15) is 38.5 Å². The molecule has 6 heteroatoms. The van der Waals surface area contributed by atoms with Gasteiger partial charge in [-0.25, -0.2) is 9.97 Å². The number of hydrogen-bond donors (Lipinski definition) is 1. The van der Waals surface area contributed by atoms with Crippen LogP contribution in [0.3, 0.4) is 0 Å². The highest BCUT2D eigenvalue weighted by atomic mass is 16.5. The molecule has 0 atom stereocenters. The molecule has 3 rings (SSSR count). The molecule has 0 bridgehead atoms. The number of ether oxygens (including phenoxy) is 1. The van der Waals surface area contributed by atoms with E-state index in [4.69, 9.17) is 4.74 Å². The van der Waals surface area contributed by atoms with E-state index in [1.54, 1.807) is 12.4 Å². The van der Waals surface area contributed by atoms with Gasteiger partial charge in [-0.05, 0) is 12.8 Å². The highest BCUT2D eigenvalue weighted by Gasteiger charge is 2.37. The van der Waals surface area contributed by atoms with E-state index in [2.05, 4.69) is 20.2 Å².